The lowest BCUT2D eigenvalue weighted by molar-refractivity contribution is 0.0622. The van der Waals surface area contributed by atoms with E-state index in [2.05, 4.69) is 68.2 Å². The zero-order valence-corrected chi connectivity index (χ0v) is 20.2. The lowest BCUT2D eigenvalue weighted by Gasteiger charge is -2.21. The van der Waals surface area contributed by atoms with Crippen molar-refractivity contribution in [1.29, 1.82) is 5.26 Å². The average Bonchev–Trinajstić information content (AvgIpc) is 3.19. The highest BCUT2D eigenvalue weighted by Crippen LogP contribution is 2.33. The number of nitriles is 1. The van der Waals surface area contributed by atoms with Gasteiger partial charge in [-0.15, -0.1) is 12.4 Å². The summed E-state index contributed by atoms with van der Waals surface area (Å²) in [5.41, 5.74) is 9.32. The maximum absolute atomic E-state index is 9.74. The van der Waals surface area contributed by atoms with Crippen molar-refractivity contribution >= 4 is 12.4 Å². The number of halogens is 1. The van der Waals surface area contributed by atoms with Crippen LogP contribution < -0.4 is 0 Å². The molecule has 0 aliphatic heterocycles. The molecule has 0 aliphatic rings. The fraction of sp³-hybridized carbons (Fsp3) is 0.214. The minimum absolute atomic E-state index is 0. The van der Waals surface area contributed by atoms with E-state index in [-0.39, 0.29) is 18.5 Å². The van der Waals surface area contributed by atoms with Gasteiger partial charge >= 0.3 is 0 Å². The van der Waals surface area contributed by atoms with E-state index >= 15 is 0 Å². The van der Waals surface area contributed by atoms with Crippen LogP contribution in [-0.2, 0) is 18.4 Å². The van der Waals surface area contributed by atoms with E-state index in [0.717, 1.165) is 33.5 Å². The van der Waals surface area contributed by atoms with E-state index in [4.69, 9.17) is 4.74 Å². The lowest BCUT2D eigenvalue weighted by Crippen LogP contribution is -2.11. The Kier molecular flexibility index (Phi) is 7.71. The van der Waals surface area contributed by atoms with Gasteiger partial charge in [0.15, 0.2) is 0 Å². The number of aryl methyl sites for hydroxylation is 4. The zero-order chi connectivity index (χ0) is 22.7. The normalized spacial score (nSPS) is 11.5. The van der Waals surface area contributed by atoms with Gasteiger partial charge in [0.25, 0.3) is 0 Å². The molecule has 0 radical (unpaired) electrons. The molecule has 1 heterocycles. The molecule has 1 aromatic heterocycles. The van der Waals surface area contributed by atoms with Crippen molar-refractivity contribution in [3.05, 3.63) is 112 Å². The van der Waals surface area contributed by atoms with Crippen molar-refractivity contribution in [2.45, 2.75) is 33.5 Å². The first-order valence-corrected chi connectivity index (χ1v) is 10.7. The summed E-state index contributed by atoms with van der Waals surface area (Å²) in [5, 5.41) is 9.74. The summed E-state index contributed by atoms with van der Waals surface area (Å²) >= 11 is 0. The van der Waals surface area contributed by atoms with Crippen LogP contribution in [0, 0.1) is 32.1 Å². The summed E-state index contributed by atoms with van der Waals surface area (Å²) in [5.74, 6) is 0. The number of ether oxygens (including phenoxy) is 1. The molecule has 1 atom stereocenters. The highest BCUT2D eigenvalue weighted by atomic mass is 35.5. The van der Waals surface area contributed by atoms with Crippen LogP contribution in [0.5, 0.6) is 0 Å². The largest absolute Gasteiger partial charge is 0.363 e. The van der Waals surface area contributed by atoms with Gasteiger partial charge in [0.1, 0.15) is 6.10 Å². The van der Waals surface area contributed by atoms with E-state index in [1.54, 1.807) is 6.33 Å². The number of imidazole rings is 1. The molecule has 0 spiro atoms. The van der Waals surface area contributed by atoms with Gasteiger partial charge in [0.05, 0.1) is 36.5 Å². The molecule has 0 amide bonds. The smallest absolute Gasteiger partial charge is 0.124 e. The molecule has 1 unspecified atom stereocenters. The zero-order valence-electron chi connectivity index (χ0n) is 19.4. The second-order valence-corrected chi connectivity index (χ2v) is 8.35. The summed E-state index contributed by atoms with van der Waals surface area (Å²) in [4.78, 5) is 4.31. The van der Waals surface area contributed by atoms with Gasteiger partial charge in [-0.25, -0.2) is 4.98 Å². The molecular formula is C28H28ClN3O. The number of hydrogen-bond acceptors (Lipinski definition) is 3. The summed E-state index contributed by atoms with van der Waals surface area (Å²) < 4.78 is 8.48. The van der Waals surface area contributed by atoms with E-state index in [1.807, 2.05) is 42.1 Å². The van der Waals surface area contributed by atoms with E-state index in [1.165, 1.54) is 11.1 Å². The molecule has 4 aromatic rings. The van der Waals surface area contributed by atoms with Gasteiger partial charge in [-0.2, -0.15) is 5.26 Å². The topological polar surface area (TPSA) is 50.8 Å². The Morgan fingerprint density at radius 2 is 1.70 bits per heavy atom. The molecule has 4 nitrogen and oxygen atoms in total. The first-order chi connectivity index (χ1) is 15.5. The van der Waals surface area contributed by atoms with Gasteiger partial charge < -0.3 is 9.30 Å². The predicted molar refractivity (Wildman–Crippen MR) is 134 cm³/mol. The third-order valence-corrected chi connectivity index (χ3v) is 5.72. The van der Waals surface area contributed by atoms with Crippen molar-refractivity contribution in [2.75, 3.05) is 0 Å². The summed E-state index contributed by atoms with van der Waals surface area (Å²) in [6.45, 7) is 6.75. The third kappa shape index (κ3) is 5.34. The average molecular weight is 458 g/mol. The van der Waals surface area contributed by atoms with Crippen molar-refractivity contribution in [1.82, 2.24) is 9.55 Å². The predicted octanol–water partition coefficient (Wildman–Crippen LogP) is 6.61. The highest BCUT2D eigenvalue weighted by molar-refractivity contribution is 5.85. The van der Waals surface area contributed by atoms with Gasteiger partial charge in [-0.3, -0.25) is 0 Å². The Bertz CT molecular complexity index is 1280. The molecule has 4 rings (SSSR count). The quantitative estimate of drug-likeness (QED) is 0.327. The van der Waals surface area contributed by atoms with Crippen LogP contribution in [0.1, 0.15) is 45.2 Å². The van der Waals surface area contributed by atoms with Crippen LogP contribution in [0.2, 0.25) is 0 Å². The summed E-state index contributed by atoms with van der Waals surface area (Å²) in [6, 6.07) is 22.9. The molecule has 33 heavy (non-hydrogen) atoms. The number of benzene rings is 3. The molecule has 3 aromatic carbocycles. The third-order valence-electron chi connectivity index (χ3n) is 5.72. The van der Waals surface area contributed by atoms with Crippen molar-refractivity contribution in [3.63, 3.8) is 0 Å². The van der Waals surface area contributed by atoms with Crippen LogP contribution in [-0.4, -0.2) is 9.55 Å². The second kappa shape index (κ2) is 10.5. The Balaban J connectivity index is 0.00000306. The molecule has 0 bridgehead atoms. The van der Waals surface area contributed by atoms with Crippen molar-refractivity contribution in [2.24, 2.45) is 7.05 Å². The molecule has 0 saturated heterocycles. The van der Waals surface area contributed by atoms with Crippen LogP contribution in [0.3, 0.4) is 0 Å². The Labute approximate surface area is 201 Å². The molecule has 0 aliphatic carbocycles. The van der Waals surface area contributed by atoms with Crippen LogP contribution in [0.25, 0.3) is 11.1 Å². The Morgan fingerprint density at radius 1 is 0.970 bits per heavy atom. The first-order valence-electron chi connectivity index (χ1n) is 10.7. The number of aromatic nitrogens is 2. The molecule has 168 valence electrons. The molecule has 0 fully saturated rings. The fourth-order valence-corrected chi connectivity index (χ4v) is 4.22. The first kappa shape index (κ1) is 24.3. The highest BCUT2D eigenvalue weighted by Gasteiger charge is 2.21. The minimum atomic E-state index is -0.307. The Hall–Kier alpha value is -3.39. The number of hydrogen-bond donors (Lipinski definition) is 0. The van der Waals surface area contributed by atoms with E-state index in [0.29, 0.717) is 12.2 Å². The van der Waals surface area contributed by atoms with E-state index in [9.17, 15) is 5.26 Å². The van der Waals surface area contributed by atoms with Gasteiger partial charge in [-0.05, 0) is 55.2 Å². The molecule has 0 N–H and O–H groups in total. The maximum atomic E-state index is 9.74. The van der Waals surface area contributed by atoms with Crippen LogP contribution in [0.4, 0.5) is 0 Å². The van der Waals surface area contributed by atoms with E-state index < -0.39 is 0 Å². The molecular weight excluding hydrogens is 430 g/mol. The van der Waals surface area contributed by atoms with Crippen LogP contribution in [0.15, 0.2) is 73.2 Å². The van der Waals surface area contributed by atoms with Crippen molar-refractivity contribution < 1.29 is 4.74 Å². The summed E-state index contributed by atoms with van der Waals surface area (Å²) in [7, 11) is 1.97. The maximum Gasteiger partial charge on any atom is 0.124 e. The van der Waals surface area contributed by atoms with Gasteiger partial charge in [-0.1, -0.05) is 59.7 Å². The van der Waals surface area contributed by atoms with Gasteiger partial charge in [0.2, 0.25) is 0 Å². The number of nitrogens with zero attached hydrogens (tertiary/aromatic N) is 3. The standard InChI is InChI=1S/C28H27N3O.ClH/c1-19-11-20(2)13-22(12-19)17-32-28(27-16-30-18-31(27)4)23-9-10-24(15-29)26(14-23)25-8-6-5-7-21(25)3;/h5-14,16,18,28H,17H2,1-4H3;1H. The molecule has 0 saturated carbocycles. The lowest BCUT2D eigenvalue weighted by atomic mass is 9.93. The van der Waals surface area contributed by atoms with Crippen LogP contribution >= 0.6 is 12.4 Å². The second-order valence-electron chi connectivity index (χ2n) is 8.35. The summed E-state index contributed by atoms with van der Waals surface area (Å²) in [6.07, 6.45) is 3.32. The SMILES string of the molecule is Cc1cc(C)cc(COC(c2ccc(C#N)c(-c3ccccc3C)c2)c2cncn2C)c1.Cl. The monoisotopic (exact) mass is 457 g/mol. The Morgan fingerprint density at radius 3 is 2.33 bits per heavy atom. The molecule has 5 heteroatoms. The van der Waals surface area contributed by atoms with Gasteiger partial charge in [0, 0.05) is 12.6 Å². The van der Waals surface area contributed by atoms with Crippen molar-refractivity contribution in [3.8, 4) is 17.2 Å². The minimum Gasteiger partial charge on any atom is -0.363 e. The number of rotatable bonds is 6. The fourth-order valence-electron chi connectivity index (χ4n) is 4.22.